The number of pyridine rings is 1. The molecule has 3 heterocycles. The summed E-state index contributed by atoms with van der Waals surface area (Å²) in [6.45, 7) is -0.312. The second-order valence-corrected chi connectivity index (χ2v) is 8.26. The number of amides is 1. The van der Waals surface area contributed by atoms with Crippen LogP contribution in [0.15, 0.2) is 72.2 Å². The van der Waals surface area contributed by atoms with E-state index in [9.17, 15) is 23.1 Å². The van der Waals surface area contributed by atoms with Gasteiger partial charge in [-0.1, -0.05) is 6.07 Å². The maximum atomic E-state index is 13.0. The van der Waals surface area contributed by atoms with E-state index >= 15 is 0 Å². The highest BCUT2D eigenvalue weighted by Gasteiger charge is 2.30. The molecule has 3 aromatic heterocycles. The first-order valence-electron chi connectivity index (χ1n) is 10.3. The molecule has 0 aliphatic rings. The lowest BCUT2D eigenvalue weighted by Gasteiger charge is -2.16. The fourth-order valence-corrected chi connectivity index (χ4v) is 4.55. The molecule has 0 spiro atoms. The summed E-state index contributed by atoms with van der Waals surface area (Å²) in [6, 6.07) is 14.5. The Balaban J connectivity index is 1.53. The highest BCUT2D eigenvalue weighted by atomic mass is 32.1. The third-order valence-corrected chi connectivity index (χ3v) is 6.16. The molecule has 172 valence electrons. The van der Waals surface area contributed by atoms with Crippen LogP contribution in [0.4, 0.5) is 13.2 Å². The van der Waals surface area contributed by atoms with Gasteiger partial charge in [-0.2, -0.15) is 17.5 Å². The predicted molar refractivity (Wildman–Crippen MR) is 123 cm³/mol. The van der Waals surface area contributed by atoms with Gasteiger partial charge < -0.3 is 10.4 Å². The summed E-state index contributed by atoms with van der Waals surface area (Å²) in [4.78, 5) is 17.1. The summed E-state index contributed by atoms with van der Waals surface area (Å²) in [5.74, 6) is -0.384. The van der Waals surface area contributed by atoms with E-state index in [2.05, 4.69) is 14.7 Å². The molecule has 0 bridgehead atoms. The van der Waals surface area contributed by atoms with Crippen molar-refractivity contribution in [2.75, 3.05) is 6.61 Å². The van der Waals surface area contributed by atoms with Crippen molar-refractivity contribution in [3.05, 3.63) is 89.1 Å². The first kappa shape index (κ1) is 22.1. The van der Waals surface area contributed by atoms with Crippen LogP contribution in [0.25, 0.3) is 27.6 Å². The van der Waals surface area contributed by atoms with E-state index in [1.54, 1.807) is 47.2 Å². The SMILES string of the molecule is O=C(N[C@@H](CO)c1ccccn1)c1ccc2c(c1)c1csnc1n2-c1ccc(C(F)(F)F)cc1. The van der Waals surface area contributed by atoms with Crippen molar-refractivity contribution in [1.82, 2.24) is 19.2 Å². The molecule has 0 unspecified atom stereocenters. The third-order valence-electron chi connectivity index (χ3n) is 5.54. The van der Waals surface area contributed by atoms with Crippen molar-refractivity contribution in [3.8, 4) is 5.69 Å². The van der Waals surface area contributed by atoms with Gasteiger partial charge >= 0.3 is 6.18 Å². The Kier molecular flexibility index (Phi) is 5.54. The molecule has 0 fully saturated rings. The lowest BCUT2D eigenvalue weighted by molar-refractivity contribution is -0.137. The van der Waals surface area contributed by atoms with Crippen molar-refractivity contribution in [2.24, 2.45) is 0 Å². The Morgan fingerprint density at radius 2 is 1.88 bits per heavy atom. The van der Waals surface area contributed by atoms with Crippen LogP contribution in [0.1, 0.15) is 27.7 Å². The topological polar surface area (TPSA) is 80.0 Å². The number of carbonyl (C=O) groups is 1. The van der Waals surface area contributed by atoms with Crippen molar-refractivity contribution >= 4 is 39.4 Å². The number of aliphatic hydroxyl groups is 1. The van der Waals surface area contributed by atoms with Crippen molar-refractivity contribution in [2.45, 2.75) is 12.2 Å². The van der Waals surface area contributed by atoms with E-state index in [1.807, 2.05) is 5.38 Å². The van der Waals surface area contributed by atoms with E-state index in [-0.39, 0.29) is 12.5 Å². The minimum absolute atomic E-state index is 0.312. The molecule has 0 aliphatic carbocycles. The minimum atomic E-state index is -4.42. The van der Waals surface area contributed by atoms with Gasteiger partial charge in [-0.25, -0.2) is 0 Å². The van der Waals surface area contributed by atoms with Crippen LogP contribution >= 0.6 is 11.5 Å². The van der Waals surface area contributed by atoms with Gasteiger partial charge in [0.1, 0.15) is 0 Å². The molecule has 10 heteroatoms. The molecule has 0 saturated carbocycles. The second kappa shape index (κ2) is 8.54. The molecule has 0 radical (unpaired) electrons. The van der Waals surface area contributed by atoms with Gasteiger partial charge in [0.25, 0.3) is 5.91 Å². The van der Waals surface area contributed by atoms with Gasteiger partial charge in [0.05, 0.1) is 29.4 Å². The van der Waals surface area contributed by atoms with Gasteiger partial charge in [0, 0.05) is 33.6 Å². The van der Waals surface area contributed by atoms with E-state index in [1.165, 1.54) is 23.7 Å². The smallest absolute Gasteiger partial charge is 0.394 e. The fraction of sp³-hybridized carbons (Fsp3) is 0.125. The highest BCUT2D eigenvalue weighted by molar-refractivity contribution is 7.05. The van der Waals surface area contributed by atoms with Gasteiger partial charge in [0.15, 0.2) is 5.65 Å². The maximum absolute atomic E-state index is 13.0. The molecule has 0 aliphatic heterocycles. The van der Waals surface area contributed by atoms with Gasteiger partial charge in [-0.15, -0.1) is 0 Å². The third kappa shape index (κ3) is 3.91. The first-order valence-corrected chi connectivity index (χ1v) is 11.1. The van der Waals surface area contributed by atoms with E-state index < -0.39 is 17.8 Å². The predicted octanol–water partition coefficient (Wildman–Crippen LogP) is 5.12. The number of aliphatic hydroxyl groups excluding tert-OH is 1. The summed E-state index contributed by atoms with van der Waals surface area (Å²) < 4.78 is 45.2. The number of rotatable bonds is 5. The van der Waals surface area contributed by atoms with Crippen LogP contribution < -0.4 is 5.32 Å². The number of nitrogens with zero attached hydrogens (tertiary/aromatic N) is 3. The van der Waals surface area contributed by atoms with Crippen molar-refractivity contribution < 1.29 is 23.1 Å². The van der Waals surface area contributed by atoms with Crippen molar-refractivity contribution in [3.63, 3.8) is 0 Å². The molecule has 0 saturated heterocycles. The van der Waals surface area contributed by atoms with E-state index in [0.29, 0.717) is 28.1 Å². The van der Waals surface area contributed by atoms with Gasteiger partial charge in [-0.3, -0.25) is 14.3 Å². The Labute approximate surface area is 195 Å². The minimum Gasteiger partial charge on any atom is -0.394 e. The summed E-state index contributed by atoms with van der Waals surface area (Å²) in [6.07, 6.45) is -2.84. The number of alkyl halides is 3. The number of hydrogen-bond donors (Lipinski definition) is 2. The summed E-state index contributed by atoms with van der Waals surface area (Å²) >= 11 is 1.22. The highest BCUT2D eigenvalue weighted by Crippen LogP contribution is 2.35. The molecule has 2 aromatic carbocycles. The molecular formula is C24H17F3N4O2S. The van der Waals surface area contributed by atoms with E-state index in [0.717, 1.165) is 22.9 Å². The van der Waals surface area contributed by atoms with Crippen LogP contribution in [0, 0.1) is 0 Å². The largest absolute Gasteiger partial charge is 0.416 e. The Morgan fingerprint density at radius 1 is 1.09 bits per heavy atom. The second-order valence-electron chi connectivity index (χ2n) is 7.63. The standard InChI is InChI=1S/C24H17F3N4O2S/c25-24(26,27)15-5-7-16(8-6-15)31-21-9-4-14(11-17(21)18-13-34-30-22(18)31)23(33)29-20(12-32)19-3-1-2-10-28-19/h1-11,13,20,32H,12H2,(H,29,33)/t20-/m0/s1. The average Bonchev–Trinajstić information content (AvgIpc) is 3.43. The zero-order valence-corrected chi connectivity index (χ0v) is 18.3. The Bertz CT molecular complexity index is 1480. The zero-order valence-electron chi connectivity index (χ0n) is 17.5. The van der Waals surface area contributed by atoms with Crippen LogP contribution in [-0.2, 0) is 6.18 Å². The number of fused-ring (bicyclic) bond motifs is 3. The van der Waals surface area contributed by atoms with Crippen LogP contribution in [0.5, 0.6) is 0 Å². The quantitative estimate of drug-likeness (QED) is 0.365. The lowest BCUT2D eigenvalue weighted by Crippen LogP contribution is -2.31. The zero-order chi connectivity index (χ0) is 23.9. The fourth-order valence-electron chi connectivity index (χ4n) is 3.88. The molecule has 6 nitrogen and oxygen atoms in total. The number of nitrogens with one attached hydrogen (secondary N) is 1. The van der Waals surface area contributed by atoms with Crippen LogP contribution in [-0.4, -0.2) is 31.5 Å². The molecular weight excluding hydrogens is 465 g/mol. The summed E-state index contributed by atoms with van der Waals surface area (Å²) in [7, 11) is 0. The molecule has 5 aromatic rings. The van der Waals surface area contributed by atoms with Crippen molar-refractivity contribution in [1.29, 1.82) is 0 Å². The molecule has 2 N–H and O–H groups in total. The number of halogens is 3. The normalized spacial score (nSPS) is 12.8. The number of carbonyl (C=O) groups excluding carboxylic acids is 1. The lowest BCUT2D eigenvalue weighted by atomic mass is 10.1. The van der Waals surface area contributed by atoms with Gasteiger partial charge in [-0.05, 0) is 66.1 Å². The monoisotopic (exact) mass is 482 g/mol. The van der Waals surface area contributed by atoms with Crippen LogP contribution in [0.3, 0.4) is 0 Å². The first-order chi connectivity index (χ1) is 16.4. The molecule has 1 atom stereocenters. The molecule has 1 amide bonds. The summed E-state index contributed by atoms with van der Waals surface area (Å²) in [5, 5.41) is 15.9. The molecule has 5 rings (SSSR count). The maximum Gasteiger partial charge on any atom is 0.416 e. The number of aromatic nitrogens is 3. The Morgan fingerprint density at radius 3 is 2.56 bits per heavy atom. The molecule has 34 heavy (non-hydrogen) atoms. The van der Waals surface area contributed by atoms with Gasteiger partial charge in [0.2, 0.25) is 0 Å². The Hall–Kier alpha value is -3.76. The number of benzene rings is 2. The average molecular weight is 482 g/mol. The van der Waals surface area contributed by atoms with Crippen LogP contribution in [0.2, 0.25) is 0 Å². The summed E-state index contributed by atoms with van der Waals surface area (Å²) in [5.41, 5.74) is 2.03. The van der Waals surface area contributed by atoms with E-state index in [4.69, 9.17) is 0 Å². The number of hydrogen-bond acceptors (Lipinski definition) is 5.